The Kier molecular flexibility index (Phi) is 3.02. The number of fused-ring (bicyclic) bond motifs is 2. The summed E-state index contributed by atoms with van der Waals surface area (Å²) in [4.78, 5) is 0. The van der Waals surface area contributed by atoms with Gasteiger partial charge in [0.25, 0.3) is 0 Å². The number of rotatable bonds is 0. The molecule has 3 rings (SSSR count). The maximum atomic E-state index is 10.0. The summed E-state index contributed by atoms with van der Waals surface area (Å²) in [6.07, 6.45) is 0. The van der Waals surface area contributed by atoms with Crippen LogP contribution in [0.3, 0.4) is 0 Å². The van der Waals surface area contributed by atoms with E-state index in [-0.39, 0.29) is 11.5 Å². The number of hydrogen-bond acceptors (Lipinski definition) is 4. The van der Waals surface area contributed by atoms with E-state index < -0.39 is 0 Å². The van der Waals surface area contributed by atoms with Gasteiger partial charge in [-0.25, -0.2) is 0 Å². The van der Waals surface area contributed by atoms with Gasteiger partial charge in [0.2, 0.25) is 0 Å². The minimum absolute atomic E-state index is 0.165. The molecule has 0 saturated carbocycles. The molecule has 0 saturated heterocycles. The summed E-state index contributed by atoms with van der Waals surface area (Å²) >= 11 is 0. The molecule has 0 spiro atoms. The van der Waals surface area contributed by atoms with Crippen molar-refractivity contribution in [3.63, 3.8) is 0 Å². The lowest BCUT2D eigenvalue weighted by Gasteiger charge is -2.28. The second kappa shape index (κ2) is 4.57. The molecule has 0 radical (unpaired) electrons. The molecule has 22 heavy (non-hydrogen) atoms. The van der Waals surface area contributed by atoms with Crippen LogP contribution in [0, 0.1) is 41.5 Å². The largest absolute Gasteiger partial charge is 0.504 e. The van der Waals surface area contributed by atoms with Gasteiger partial charge in [0.1, 0.15) is 0 Å². The molecule has 0 fully saturated rings. The van der Waals surface area contributed by atoms with Crippen LogP contribution in [0.4, 0.5) is 0 Å². The maximum absolute atomic E-state index is 10.0. The zero-order valence-electron chi connectivity index (χ0n) is 13.7. The number of phenolic OH excluding ortho intramolecular Hbond substituents is 2. The SMILES string of the molecule is Cc1c(C)c(C)c2c(c1C)Oc1c(C)c(O)c(O)c(C)c1O2. The van der Waals surface area contributed by atoms with Gasteiger partial charge in [-0.1, -0.05) is 0 Å². The normalized spacial score (nSPS) is 12.3. The molecule has 2 aromatic rings. The summed E-state index contributed by atoms with van der Waals surface area (Å²) in [5.74, 6) is 1.96. The number of hydrogen-bond donors (Lipinski definition) is 2. The van der Waals surface area contributed by atoms with Crippen molar-refractivity contribution < 1.29 is 19.7 Å². The Labute approximate surface area is 129 Å². The van der Waals surface area contributed by atoms with Gasteiger partial charge in [0.05, 0.1) is 0 Å². The van der Waals surface area contributed by atoms with Gasteiger partial charge in [0, 0.05) is 11.1 Å². The van der Waals surface area contributed by atoms with Crippen LogP contribution in [0.15, 0.2) is 0 Å². The predicted molar refractivity (Wildman–Crippen MR) is 84.8 cm³/mol. The molecular formula is C18H20O4. The van der Waals surface area contributed by atoms with Gasteiger partial charge in [-0.2, -0.15) is 0 Å². The van der Waals surface area contributed by atoms with Crippen molar-refractivity contribution in [2.24, 2.45) is 0 Å². The van der Waals surface area contributed by atoms with Crippen LogP contribution in [-0.4, -0.2) is 10.2 Å². The summed E-state index contributed by atoms with van der Waals surface area (Å²) < 4.78 is 12.2. The fourth-order valence-corrected chi connectivity index (χ4v) is 2.85. The van der Waals surface area contributed by atoms with Crippen molar-refractivity contribution in [2.75, 3.05) is 0 Å². The van der Waals surface area contributed by atoms with E-state index in [0.29, 0.717) is 34.1 Å². The van der Waals surface area contributed by atoms with Crippen LogP contribution < -0.4 is 9.47 Å². The standard InChI is InChI=1S/C18H20O4/c1-7-8(2)10(4)16-15(9(7)3)21-17-11(5)13(19)14(20)12(6)18(17)22-16/h19-20H,1-6H3. The molecule has 116 valence electrons. The Balaban J connectivity index is 2.32. The Hall–Kier alpha value is -2.36. The van der Waals surface area contributed by atoms with Crippen LogP contribution in [0.25, 0.3) is 0 Å². The second-order valence-corrected chi connectivity index (χ2v) is 5.97. The third kappa shape index (κ3) is 1.70. The molecule has 2 aromatic carbocycles. The highest BCUT2D eigenvalue weighted by atomic mass is 16.6. The van der Waals surface area contributed by atoms with Crippen LogP contribution in [-0.2, 0) is 0 Å². The molecule has 0 aromatic heterocycles. The van der Waals surface area contributed by atoms with E-state index in [1.54, 1.807) is 13.8 Å². The van der Waals surface area contributed by atoms with Crippen molar-refractivity contribution >= 4 is 0 Å². The van der Waals surface area contributed by atoms with Crippen molar-refractivity contribution in [3.8, 4) is 34.5 Å². The number of benzene rings is 2. The highest BCUT2D eigenvalue weighted by Gasteiger charge is 2.30. The molecule has 0 atom stereocenters. The summed E-state index contributed by atoms with van der Waals surface area (Å²) in [6, 6.07) is 0. The molecule has 0 bridgehead atoms. The summed E-state index contributed by atoms with van der Waals surface area (Å²) in [6.45, 7) is 11.5. The summed E-state index contributed by atoms with van der Waals surface area (Å²) in [5.41, 5.74) is 5.32. The second-order valence-electron chi connectivity index (χ2n) is 5.97. The molecule has 1 aliphatic heterocycles. The Morgan fingerprint density at radius 2 is 0.727 bits per heavy atom. The highest BCUT2D eigenvalue weighted by Crippen LogP contribution is 2.56. The third-order valence-corrected chi connectivity index (χ3v) is 4.81. The fraction of sp³-hybridized carbons (Fsp3) is 0.333. The van der Waals surface area contributed by atoms with E-state index in [9.17, 15) is 10.2 Å². The topological polar surface area (TPSA) is 58.9 Å². The van der Waals surface area contributed by atoms with Crippen LogP contribution in [0.1, 0.15) is 33.4 Å². The van der Waals surface area contributed by atoms with E-state index in [1.165, 1.54) is 11.1 Å². The minimum atomic E-state index is -0.165. The van der Waals surface area contributed by atoms with Gasteiger partial charge >= 0.3 is 0 Å². The summed E-state index contributed by atoms with van der Waals surface area (Å²) in [7, 11) is 0. The van der Waals surface area contributed by atoms with Gasteiger partial charge in [-0.15, -0.1) is 0 Å². The monoisotopic (exact) mass is 300 g/mol. The van der Waals surface area contributed by atoms with Gasteiger partial charge < -0.3 is 19.7 Å². The minimum Gasteiger partial charge on any atom is -0.504 e. The lowest BCUT2D eigenvalue weighted by molar-refractivity contribution is 0.336. The number of aromatic hydroxyl groups is 2. The van der Waals surface area contributed by atoms with Crippen molar-refractivity contribution in [2.45, 2.75) is 41.5 Å². The van der Waals surface area contributed by atoms with E-state index >= 15 is 0 Å². The average molecular weight is 300 g/mol. The zero-order valence-corrected chi connectivity index (χ0v) is 13.7. The van der Waals surface area contributed by atoms with Gasteiger partial charge in [-0.3, -0.25) is 0 Å². The molecule has 2 N–H and O–H groups in total. The van der Waals surface area contributed by atoms with Crippen molar-refractivity contribution in [3.05, 3.63) is 33.4 Å². The first-order valence-electron chi connectivity index (χ1n) is 7.26. The number of ether oxygens (including phenoxy) is 2. The van der Waals surface area contributed by atoms with Crippen molar-refractivity contribution in [1.29, 1.82) is 0 Å². The van der Waals surface area contributed by atoms with E-state index in [2.05, 4.69) is 13.8 Å². The lowest BCUT2D eigenvalue weighted by atomic mass is 9.96. The van der Waals surface area contributed by atoms with Crippen LogP contribution >= 0.6 is 0 Å². The molecule has 0 unspecified atom stereocenters. The first-order chi connectivity index (χ1) is 10.3. The Bertz CT molecular complexity index is 684. The Morgan fingerprint density at radius 3 is 1.05 bits per heavy atom. The Morgan fingerprint density at radius 1 is 0.455 bits per heavy atom. The third-order valence-electron chi connectivity index (χ3n) is 4.81. The number of phenols is 2. The fourth-order valence-electron chi connectivity index (χ4n) is 2.85. The molecule has 4 heteroatoms. The van der Waals surface area contributed by atoms with Gasteiger partial charge in [0.15, 0.2) is 34.5 Å². The predicted octanol–water partition coefficient (Wildman–Crippen LogP) is 4.85. The van der Waals surface area contributed by atoms with E-state index in [4.69, 9.17) is 9.47 Å². The maximum Gasteiger partial charge on any atom is 0.177 e. The molecule has 1 heterocycles. The smallest absolute Gasteiger partial charge is 0.177 e. The molecule has 1 aliphatic rings. The van der Waals surface area contributed by atoms with Crippen LogP contribution in [0.5, 0.6) is 34.5 Å². The molecule has 4 nitrogen and oxygen atoms in total. The highest BCUT2D eigenvalue weighted by molar-refractivity contribution is 5.71. The quantitative estimate of drug-likeness (QED) is 0.583. The molecule has 0 aliphatic carbocycles. The van der Waals surface area contributed by atoms with Gasteiger partial charge in [-0.05, 0) is 63.8 Å². The average Bonchev–Trinajstić information content (AvgIpc) is 2.52. The lowest BCUT2D eigenvalue weighted by Crippen LogP contribution is -2.08. The van der Waals surface area contributed by atoms with E-state index in [0.717, 1.165) is 11.1 Å². The van der Waals surface area contributed by atoms with E-state index in [1.807, 2.05) is 13.8 Å². The first kappa shape index (κ1) is 14.6. The first-order valence-corrected chi connectivity index (χ1v) is 7.26. The summed E-state index contributed by atoms with van der Waals surface area (Å²) in [5, 5.41) is 20.1. The zero-order chi connectivity index (χ0) is 16.3. The molecule has 0 amide bonds. The molecular weight excluding hydrogens is 280 g/mol. The van der Waals surface area contributed by atoms with Crippen molar-refractivity contribution in [1.82, 2.24) is 0 Å². The van der Waals surface area contributed by atoms with Crippen LogP contribution in [0.2, 0.25) is 0 Å².